The predicted octanol–water partition coefficient (Wildman–Crippen LogP) is 0.908. The smallest absolute Gasteiger partial charge is 0.240 e. The van der Waals surface area contributed by atoms with Gasteiger partial charge in [-0.25, -0.2) is 13.1 Å². The molecule has 0 radical (unpaired) electrons. The molecule has 0 bridgehead atoms. The van der Waals surface area contributed by atoms with Gasteiger partial charge in [-0.3, -0.25) is 0 Å². The molecule has 120 valence electrons. The highest BCUT2D eigenvalue weighted by molar-refractivity contribution is 7.89. The third-order valence-corrected chi connectivity index (χ3v) is 4.57. The van der Waals surface area contributed by atoms with E-state index < -0.39 is 10.0 Å². The van der Waals surface area contributed by atoms with E-state index in [0.717, 1.165) is 5.56 Å². The van der Waals surface area contributed by atoms with Crippen molar-refractivity contribution in [3.63, 3.8) is 0 Å². The molecule has 0 aliphatic carbocycles. The van der Waals surface area contributed by atoms with Crippen LogP contribution >= 0.6 is 0 Å². The summed E-state index contributed by atoms with van der Waals surface area (Å²) in [5.41, 5.74) is 1.04. The van der Waals surface area contributed by atoms with Crippen molar-refractivity contribution in [1.29, 1.82) is 0 Å². The predicted molar refractivity (Wildman–Crippen MR) is 81.8 cm³/mol. The molecule has 2 N–H and O–H groups in total. The summed E-state index contributed by atoms with van der Waals surface area (Å²) in [6.07, 6.45) is 0. The molecule has 6 nitrogen and oxygen atoms in total. The number of hydrogen-bond acceptors (Lipinski definition) is 5. The van der Waals surface area contributed by atoms with E-state index in [1.807, 2.05) is 26.1 Å². The number of sulfonamides is 1. The molecule has 1 aromatic carbocycles. The van der Waals surface area contributed by atoms with E-state index in [1.165, 1.54) is 0 Å². The number of nitrogens with one attached hydrogen (secondary N) is 2. The van der Waals surface area contributed by atoms with Gasteiger partial charge in [0.25, 0.3) is 0 Å². The zero-order valence-corrected chi connectivity index (χ0v) is 13.6. The van der Waals surface area contributed by atoms with Crippen LogP contribution in [0.1, 0.15) is 18.5 Å². The van der Waals surface area contributed by atoms with Crippen LogP contribution in [0.4, 0.5) is 0 Å². The van der Waals surface area contributed by atoms with Gasteiger partial charge >= 0.3 is 0 Å². The second-order valence-corrected chi connectivity index (χ2v) is 6.35. The van der Waals surface area contributed by atoms with Crippen molar-refractivity contribution in [3.05, 3.63) is 29.8 Å². The van der Waals surface area contributed by atoms with E-state index in [2.05, 4.69) is 10.0 Å². The fraction of sp³-hybridized carbons (Fsp3) is 0.571. The summed E-state index contributed by atoms with van der Waals surface area (Å²) in [4.78, 5) is 0.256. The van der Waals surface area contributed by atoms with E-state index in [9.17, 15) is 8.42 Å². The topological polar surface area (TPSA) is 76.7 Å². The molecule has 1 rings (SSSR count). The van der Waals surface area contributed by atoms with Crippen LogP contribution in [0.5, 0.6) is 0 Å². The van der Waals surface area contributed by atoms with Crippen LogP contribution in [0.2, 0.25) is 0 Å². The SMILES string of the molecule is CNC(C)c1ccc(S(=O)(=O)NCCOCCOC)cc1. The van der Waals surface area contributed by atoms with E-state index in [4.69, 9.17) is 9.47 Å². The summed E-state index contributed by atoms with van der Waals surface area (Å²) in [5, 5.41) is 3.11. The zero-order valence-electron chi connectivity index (χ0n) is 12.8. The summed E-state index contributed by atoms with van der Waals surface area (Å²) in [6.45, 7) is 3.52. The standard InChI is InChI=1S/C14H24N2O4S/c1-12(15-2)13-4-6-14(7-5-13)21(17,18)16-8-9-20-11-10-19-3/h4-7,12,15-16H,8-11H2,1-3H3. The molecule has 1 atom stereocenters. The molecule has 0 fully saturated rings. The molecular weight excluding hydrogens is 292 g/mol. The average molecular weight is 316 g/mol. The van der Waals surface area contributed by atoms with Gasteiger partial charge in [0.1, 0.15) is 0 Å². The van der Waals surface area contributed by atoms with E-state index >= 15 is 0 Å². The van der Waals surface area contributed by atoms with Crippen LogP contribution in [0.3, 0.4) is 0 Å². The van der Waals surface area contributed by atoms with Crippen molar-refractivity contribution in [2.24, 2.45) is 0 Å². The molecule has 0 aliphatic rings. The molecule has 0 saturated heterocycles. The van der Waals surface area contributed by atoms with Gasteiger partial charge in [0.05, 0.1) is 24.7 Å². The van der Waals surface area contributed by atoms with Crippen LogP contribution < -0.4 is 10.0 Å². The highest BCUT2D eigenvalue weighted by atomic mass is 32.2. The summed E-state index contributed by atoms with van der Waals surface area (Å²) < 4.78 is 36.7. The molecule has 1 unspecified atom stereocenters. The Labute approximate surface area is 126 Å². The lowest BCUT2D eigenvalue weighted by Crippen LogP contribution is -2.27. The molecule has 21 heavy (non-hydrogen) atoms. The van der Waals surface area contributed by atoms with Crippen molar-refractivity contribution in [2.75, 3.05) is 40.5 Å². The molecular formula is C14H24N2O4S. The van der Waals surface area contributed by atoms with Crippen molar-refractivity contribution in [2.45, 2.75) is 17.9 Å². The minimum atomic E-state index is -3.48. The van der Waals surface area contributed by atoms with E-state index in [1.54, 1.807) is 19.2 Å². The Morgan fingerprint density at radius 2 is 1.81 bits per heavy atom. The molecule has 0 aliphatic heterocycles. The van der Waals surface area contributed by atoms with E-state index in [-0.39, 0.29) is 17.5 Å². The summed E-state index contributed by atoms with van der Waals surface area (Å²) in [7, 11) is -0.0344. The Morgan fingerprint density at radius 1 is 1.14 bits per heavy atom. The quantitative estimate of drug-likeness (QED) is 0.628. The number of hydrogen-bond donors (Lipinski definition) is 2. The summed E-state index contributed by atoms with van der Waals surface area (Å²) >= 11 is 0. The van der Waals surface area contributed by atoms with Gasteiger partial charge in [0.15, 0.2) is 0 Å². The number of methoxy groups -OCH3 is 1. The van der Waals surface area contributed by atoms with Gasteiger partial charge in [-0.2, -0.15) is 0 Å². The minimum Gasteiger partial charge on any atom is -0.382 e. The van der Waals surface area contributed by atoms with Crippen LogP contribution in [-0.4, -0.2) is 48.9 Å². The van der Waals surface area contributed by atoms with Crippen molar-refractivity contribution in [3.8, 4) is 0 Å². The van der Waals surface area contributed by atoms with Crippen molar-refractivity contribution >= 4 is 10.0 Å². The Hall–Kier alpha value is -0.990. The lowest BCUT2D eigenvalue weighted by atomic mass is 10.1. The van der Waals surface area contributed by atoms with Gasteiger partial charge in [-0.1, -0.05) is 12.1 Å². The summed E-state index contributed by atoms with van der Waals surface area (Å²) in [5.74, 6) is 0. The van der Waals surface area contributed by atoms with E-state index in [0.29, 0.717) is 19.8 Å². The van der Waals surface area contributed by atoms with Crippen LogP contribution in [-0.2, 0) is 19.5 Å². The van der Waals surface area contributed by atoms with Gasteiger partial charge < -0.3 is 14.8 Å². The molecule has 0 spiro atoms. The molecule has 0 amide bonds. The first kappa shape index (κ1) is 18.1. The maximum Gasteiger partial charge on any atom is 0.240 e. The Balaban J connectivity index is 2.50. The van der Waals surface area contributed by atoms with Crippen LogP contribution in [0, 0.1) is 0 Å². The van der Waals surface area contributed by atoms with Crippen LogP contribution in [0.15, 0.2) is 29.2 Å². The Bertz CT molecular complexity index is 502. The average Bonchev–Trinajstić information content (AvgIpc) is 2.50. The van der Waals surface area contributed by atoms with Crippen LogP contribution in [0.25, 0.3) is 0 Å². The number of ether oxygens (including phenoxy) is 2. The Morgan fingerprint density at radius 3 is 2.38 bits per heavy atom. The first-order valence-electron chi connectivity index (χ1n) is 6.85. The first-order chi connectivity index (χ1) is 10.0. The first-order valence-corrected chi connectivity index (χ1v) is 8.33. The lowest BCUT2D eigenvalue weighted by Gasteiger charge is -2.12. The lowest BCUT2D eigenvalue weighted by molar-refractivity contribution is 0.0736. The minimum absolute atomic E-state index is 0.184. The summed E-state index contributed by atoms with van der Waals surface area (Å²) in [6, 6.07) is 7.02. The maximum atomic E-state index is 12.1. The Kier molecular flexibility index (Phi) is 7.84. The number of rotatable bonds is 10. The molecule has 1 aromatic rings. The largest absolute Gasteiger partial charge is 0.382 e. The highest BCUT2D eigenvalue weighted by Crippen LogP contribution is 2.15. The molecule has 0 saturated carbocycles. The fourth-order valence-corrected chi connectivity index (χ4v) is 2.69. The monoisotopic (exact) mass is 316 g/mol. The number of benzene rings is 1. The third kappa shape index (κ3) is 6.11. The van der Waals surface area contributed by atoms with Crippen molar-refractivity contribution in [1.82, 2.24) is 10.0 Å². The van der Waals surface area contributed by atoms with Crippen molar-refractivity contribution < 1.29 is 17.9 Å². The van der Waals surface area contributed by atoms with Gasteiger partial charge in [-0.15, -0.1) is 0 Å². The molecule has 7 heteroatoms. The molecule has 0 aromatic heterocycles. The van der Waals surface area contributed by atoms with Gasteiger partial charge in [0, 0.05) is 19.7 Å². The second kappa shape index (κ2) is 9.11. The van der Waals surface area contributed by atoms with Gasteiger partial charge in [-0.05, 0) is 31.7 Å². The molecule has 0 heterocycles. The van der Waals surface area contributed by atoms with Gasteiger partial charge in [0.2, 0.25) is 10.0 Å². The fourth-order valence-electron chi connectivity index (χ4n) is 1.68. The zero-order chi connectivity index (χ0) is 15.7. The highest BCUT2D eigenvalue weighted by Gasteiger charge is 2.13. The second-order valence-electron chi connectivity index (χ2n) is 4.58. The maximum absolute atomic E-state index is 12.1. The normalized spacial score (nSPS) is 13.3. The third-order valence-electron chi connectivity index (χ3n) is 3.09.